The van der Waals surface area contributed by atoms with Gasteiger partial charge in [-0.25, -0.2) is 4.57 Å². The summed E-state index contributed by atoms with van der Waals surface area (Å²) in [4.78, 5) is 1.22. The molecule has 4 aromatic rings. The van der Waals surface area contributed by atoms with E-state index in [2.05, 4.69) is 78.3 Å². The Morgan fingerprint density at radius 1 is 1.00 bits per heavy atom. The molecule has 4 rings (SSSR count). The van der Waals surface area contributed by atoms with Gasteiger partial charge in [-0.3, -0.25) is 0 Å². The van der Waals surface area contributed by atoms with Crippen molar-refractivity contribution in [2.24, 2.45) is 17.3 Å². The Morgan fingerprint density at radius 2 is 1.70 bits per heavy atom. The second-order valence-corrected chi connectivity index (χ2v) is 7.47. The number of aryl methyl sites for hydroxylation is 3. The van der Waals surface area contributed by atoms with Gasteiger partial charge in [0.05, 0.1) is 23.4 Å². The van der Waals surface area contributed by atoms with Crippen LogP contribution in [0, 0.1) is 6.92 Å². The highest BCUT2D eigenvalue weighted by Gasteiger charge is 2.20. The summed E-state index contributed by atoms with van der Waals surface area (Å²) in [6.45, 7) is 5.14. The molecule has 0 N–H and O–H groups in total. The van der Waals surface area contributed by atoms with E-state index in [9.17, 15) is 0 Å². The predicted molar refractivity (Wildman–Crippen MR) is 107 cm³/mol. The summed E-state index contributed by atoms with van der Waals surface area (Å²) < 4.78 is 4.34. The molecule has 0 bridgehead atoms. The van der Waals surface area contributed by atoms with Crippen LogP contribution in [0.2, 0.25) is 0 Å². The maximum absolute atomic E-state index is 4.72. The third-order valence-electron chi connectivity index (χ3n) is 4.47. The summed E-state index contributed by atoms with van der Waals surface area (Å²) in [5.74, 6) is 0. The highest BCUT2D eigenvalue weighted by Crippen LogP contribution is 2.41. The van der Waals surface area contributed by atoms with Gasteiger partial charge in [-0.15, -0.1) is 0 Å². The molecule has 0 radical (unpaired) electrons. The molecule has 0 unspecified atom stereocenters. The zero-order valence-electron chi connectivity index (χ0n) is 15.6. The van der Waals surface area contributed by atoms with Gasteiger partial charge in [-0.05, 0) is 36.4 Å². The molecule has 6 heteroatoms. The molecule has 0 aliphatic heterocycles. The molecule has 2 aromatic heterocycles. The first-order chi connectivity index (χ1) is 12.7. The number of hydrogen-bond acceptors (Lipinski definition) is 3. The topological polar surface area (TPSA) is 33.5 Å². The third kappa shape index (κ3) is 3.59. The van der Waals surface area contributed by atoms with Gasteiger partial charge in [0.1, 0.15) is 11.9 Å². The highest BCUT2D eigenvalue weighted by atomic mass is 79.9. The van der Waals surface area contributed by atoms with Crippen molar-refractivity contribution >= 4 is 33.1 Å². The minimum atomic E-state index is 0. The Morgan fingerprint density at radius 3 is 2.37 bits per heavy atom. The normalized spacial score (nSPS) is 11.2. The number of hydrogen-bond donors (Lipinski definition) is 0. The maximum Gasteiger partial charge on any atom is 0.408 e. The second-order valence-electron chi connectivity index (χ2n) is 6.26. The first kappa shape index (κ1) is 19.5. The zero-order chi connectivity index (χ0) is 18.1. The molecule has 138 valence electrons. The molecule has 0 aliphatic rings. The van der Waals surface area contributed by atoms with E-state index in [-0.39, 0.29) is 17.0 Å². The van der Waals surface area contributed by atoms with Gasteiger partial charge >= 0.3 is 5.13 Å². The molecular weight excluding hydrogens is 420 g/mol. The summed E-state index contributed by atoms with van der Waals surface area (Å²) >= 11 is 1.65. The van der Waals surface area contributed by atoms with E-state index in [1.807, 2.05) is 17.7 Å². The van der Waals surface area contributed by atoms with Crippen LogP contribution in [-0.2, 0) is 13.6 Å². The van der Waals surface area contributed by atoms with Crippen molar-refractivity contribution in [1.82, 2.24) is 4.57 Å². The lowest BCUT2D eigenvalue weighted by molar-refractivity contribution is -0.654. The number of nitrogens with zero attached hydrogens (tertiary/aromatic N) is 4. The van der Waals surface area contributed by atoms with Gasteiger partial charge in [-0.1, -0.05) is 48.5 Å². The summed E-state index contributed by atoms with van der Waals surface area (Å²) in [5, 5.41) is 11.3. The Balaban J connectivity index is 0.00000210. The molecule has 4 nitrogen and oxygen atoms in total. The van der Waals surface area contributed by atoms with E-state index >= 15 is 0 Å². The van der Waals surface area contributed by atoms with Crippen LogP contribution in [0.4, 0.5) is 10.8 Å². The van der Waals surface area contributed by atoms with Crippen LogP contribution in [0.25, 0.3) is 22.2 Å². The van der Waals surface area contributed by atoms with Crippen LogP contribution in [0.1, 0.15) is 11.8 Å². The molecular formula is C21H21BrN4S. The lowest BCUT2D eigenvalue weighted by Crippen LogP contribution is -3.00. The third-order valence-corrected chi connectivity index (χ3v) is 5.45. The predicted octanol–water partition coefficient (Wildman–Crippen LogP) is 2.94. The van der Waals surface area contributed by atoms with Crippen molar-refractivity contribution in [1.29, 1.82) is 0 Å². The van der Waals surface area contributed by atoms with Crippen LogP contribution in [0.15, 0.2) is 71.0 Å². The van der Waals surface area contributed by atoms with Crippen molar-refractivity contribution in [2.75, 3.05) is 0 Å². The van der Waals surface area contributed by atoms with Crippen molar-refractivity contribution in [2.45, 2.75) is 20.4 Å². The standard InChI is InChI=1S/C21H21N4S.BrH/c1-4-25-18-13-9-8-12-17(18)19(20(25)16-10-6-5-7-11-16)22-23-21-24(3)14-15(2)26-21;/h5-14H,4H2,1-3H3;1H/q+1;/p-1. The van der Waals surface area contributed by atoms with E-state index in [0.29, 0.717) is 0 Å². The van der Waals surface area contributed by atoms with Gasteiger partial charge in [0.15, 0.2) is 0 Å². The fraction of sp³-hybridized carbons (Fsp3) is 0.190. The highest BCUT2D eigenvalue weighted by molar-refractivity contribution is 7.14. The fourth-order valence-electron chi connectivity index (χ4n) is 3.36. The molecule has 0 fully saturated rings. The van der Waals surface area contributed by atoms with Gasteiger partial charge < -0.3 is 21.5 Å². The summed E-state index contributed by atoms with van der Waals surface area (Å²) in [7, 11) is 2.01. The molecule has 0 amide bonds. The van der Waals surface area contributed by atoms with E-state index in [0.717, 1.165) is 34.0 Å². The van der Waals surface area contributed by atoms with E-state index < -0.39 is 0 Å². The SMILES string of the molecule is CCn1c(-c2ccccc2)c(N=Nc2sc(C)c[n+]2C)c2ccccc21.[Br-]. The van der Waals surface area contributed by atoms with E-state index in [4.69, 9.17) is 5.11 Å². The van der Waals surface area contributed by atoms with Crippen LogP contribution in [-0.4, -0.2) is 4.57 Å². The lowest BCUT2D eigenvalue weighted by atomic mass is 10.1. The second kappa shape index (κ2) is 8.15. The number of para-hydroxylation sites is 1. The first-order valence-electron chi connectivity index (χ1n) is 8.73. The molecule has 0 saturated heterocycles. The van der Waals surface area contributed by atoms with Crippen molar-refractivity contribution in [3.63, 3.8) is 0 Å². The Kier molecular flexibility index (Phi) is 5.87. The van der Waals surface area contributed by atoms with Crippen LogP contribution in [0.3, 0.4) is 0 Å². The number of azo groups is 1. The first-order valence-corrected chi connectivity index (χ1v) is 9.55. The average molecular weight is 441 g/mol. The average Bonchev–Trinajstić information content (AvgIpc) is 3.16. The number of rotatable bonds is 4. The Bertz CT molecular complexity index is 1100. The molecule has 2 heterocycles. The molecule has 0 aliphatic carbocycles. The lowest BCUT2D eigenvalue weighted by Gasteiger charge is -2.08. The summed E-state index contributed by atoms with van der Waals surface area (Å²) in [6, 6.07) is 18.9. The zero-order valence-corrected chi connectivity index (χ0v) is 18.0. The number of thiazole rings is 1. The Labute approximate surface area is 173 Å². The van der Waals surface area contributed by atoms with Gasteiger partial charge in [-0.2, -0.15) is 0 Å². The van der Waals surface area contributed by atoms with Gasteiger partial charge in [0, 0.05) is 22.4 Å². The number of aromatic nitrogens is 2. The maximum atomic E-state index is 4.72. The quantitative estimate of drug-likeness (QED) is 0.345. The van der Waals surface area contributed by atoms with Crippen LogP contribution >= 0.6 is 11.3 Å². The molecule has 27 heavy (non-hydrogen) atoms. The number of benzene rings is 2. The monoisotopic (exact) mass is 440 g/mol. The van der Waals surface area contributed by atoms with Gasteiger partial charge in [0.25, 0.3) is 0 Å². The molecule has 0 atom stereocenters. The smallest absolute Gasteiger partial charge is 0.408 e. The Hall–Kier alpha value is -2.31. The van der Waals surface area contributed by atoms with Crippen LogP contribution in [0.5, 0.6) is 0 Å². The number of fused-ring (bicyclic) bond motifs is 1. The summed E-state index contributed by atoms with van der Waals surface area (Å²) in [5.41, 5.74) is 4.40. The van der Waals surface area contributed by atoms with E-state index in [1.165, 1.54) is 10.4 Å². The van der Waals surface area contributed by atoms with Crippen LogP contribution < -0.4 is 21.5 Å². The van der Waals surface area contributed by atoms with Crippen molar-refractivity contribution in [3.05, 3.63) is 65.7 Å². The largest absolute Gasteiger partial charge is 1.00 e. The van der Waals surface area contributed by atoms with Crippen molar-refractivity contribution < 1.29 is 21.5 Å². The minimum Gasteiger partial charge on any atom is -1.00 e. The molecule has 0 saturated carbocycles. The molecule has 0 spiro atoms. The van der Waals surface area contributed by atoms with Gasteiger partial charge in [0.2, 0.25) is 0 Å². The minimum absolute atomic E-state index is 0. The fourth-order valence-corrected chi connectivity index (χ4v) is 4.13. The molecule has 2 aromatic carbocycles. The number of halogens is 1. The van der Waals surface area contributed by atoms with E-state index in [1.54, 1.807) is 11.3 Å². The van der Waals surface area contributed by atoms with Crippen molar-refractivity contribution in [3.8, 4) is 11.3 Å². The summed E-state index contributed by atoms with van der Waals surface area (Å²) in [6.07, 6.45) is 2.08.